The lowest BCUT2D eigenvalue weighted by Gasteiger charge is -2.17. The van der Waals surface area contributed by atoms with E-state index in [4.69, 9.17) is 23.2 Å². The van der Waals surface area contributed by atoms with Gasteiger partial charge in [-0.25, -0.2) is 0 Å². The molecule has 0 nitrogen and oxygen atoms in total. The molecule has 0 radical (unpaired) electrons. The van der Waals surface area contributed by atoms with E-state index in [0.29, 0.717) is 10.0 Å². The first-order valence-corrected chi connectivity index (χ1v) is 5.10. The molecule has 0 fully saturated rings. The molecule has 1 aromatic carbocycles. The van der Waals surface area contributed by atoms with Gasteiger partial charge in [-0.15, -0.1) is 0 Å². The van der Waals surface area contributed by atoms with E-state index in [9.17, 15) is 0 Å². The van der Waals surface area contributed by atoms with Crippen molar-refractivity contribution in [1.82, 2.24) is 0 Å². The highest BCUT2D eigenvalue weighted by Crippen LogP contribution is 2.33. The fourth-order valence-corrected chi connectivity index (χ4v) is 1.65. The minimum atomic E-state index is -0.0818. The van der Waals surface area contributed by atoms with E-state index in [2.05, 4.69) is 29.8 Å². The maximum Gasteiger partial charge on any atom is 0.0450 e. The Kier molecular flexibility index (Phi) is 3.08. The van der Waals surface area contributed by atoms with Gasteiger partial charge in [0.1, 0.15) is 0 Å². The third-order valence-corrected chi connectivity index (χ3v) is 2.44. The summed E-state index contributed by atoms with van der Waals surface area (Å²) < 4.78 is -0.0818. The van der Waals surface area contributed by atoms with E-state index in [0.717, 1.165) is 5.56 Å². The molecular weight excluding hydrogens is 259 g/mol. The zero-order valence-electron chi connectivity index (χ0n) is 6.87. The molecule has 0 amide bonds. The Morgan fingerprint density at radius 3 is 1.83 bits per heavy atom. The van der Waals surface area contributed by atoms with Crippen molar-refractivity contribution in [1.29, 1.82) is 0 Å². The quantitative estimate of drug-likeness (QED) is 0.651. The van der Waals surface area contributed by atoms with Gasteiger partial charge >= 0.3 is 0 Å². The van der Waals surface area contributed by atoms with E-state index in [1.165, 1.54) is 0 Å². The molecule has 66 valence electrons. The minimum absolute atomic E-state index is 0.0818. The predicted octanol–water partition coefficient (Wildman–Crippen LogP) is 4.62. The number of hydrogen-bond acceptors (Lipinski definition) is 0. The number of hydrogen-bond donors (Lipinski definition) is 0. The fraction of sp³-hybridized carbons (Fsp3) is 0.333. The zero-order valence-corrected chi connectivity index (χ0v) is 9.96. The summed E-state index contributed by atoms with van der Waals surface area (Å²) in [5, 5.41) is 1.34. The minimum Gasteiger partial charge on any atom is -0.0843 e. The van der Waals surface area contributed by atoms with E-state index in [1.54, 1.807) is 6.07 Å². The lowest BCUT2D eigenvalue weighted by atomic mass is 10.0. The van der Waals surface area contributed by atoms with Gasteiger partial charge in [0.05, 0.1) is 0 Å². The second kappa shape index (κ2) is 3.57. The average molecular weight is 268 g/mol. The topological polar surface area (TPSA) is 0 Å². The third-order valence-electron chi connectivity index (χ3n) is 1.55. The second-order valence-electron chi connectivity index (χ2n) is 3.13. The highest BCUT2D eigenvalue weighted by molar-refractivity contribution is 9.09. The first-order chi connectivity index (χ1) is 5.39. The van der Waals surface area contributed by atoms with Crippen molar-refractivity contribution in [2.24, 2.45) is 0 Å². The largest absolute Gasteiger partial charge is 0.0843 e. The van der Waals surface area contributed by atoms with Crippen LogP contribution in [0.2, 0.25) is 10.0 Å². The molecule has 12 heavy (non-hydrogen) atoms. The van der Waals surface area contributed by atoms with Crippen LogP contribution < -0.4 is 0 Å². The van der Waals surface area contributed by atoms with Gasteiger partial charge in [0.15, 0.2) is 0 Å². The Balaban J connectivity index is 3.18. The van der Waals surface area contributed by atoms with Crippen molar-refractivity contribution in [3.05, 3.63) is 33.8 Å². The Morgan fingerprint density at radius 1 is 1.08 bits per heavy atom. The maximum absolute atomic E-state index is 5.85. The lowest BCUT2D eigenvalue weighted by molar-refractivity contribution is 0.803. The molecular formula is C9H9BrCl2. The number of benzene rings is 1. The molecule has 0 aliphatic heterocycles. The van der Waals surface area contributed by atoms with Gasteiger partial charge in [0.25, 0.3) is 0 Å². The van der Waals surface area contributed by atoms with Crippen molar-refractivity contribution >= 4 is 39.1 Å². The van der Waals surface area contributed by atoms with Gasteiger partial charge in [0, 0.05) is 14.4 Å². The highest BCUT2D eigenvalue weighted by Gasteiger charge is 2.16. The van der Waals surface area contributed by atoms with Crippen LogP contribution in [0, 0.1) is 0 Å². The van der Waals surface area contributed by atoms with Crippen LogP contribution >= 0.6 is 39.1 Å². The Morgan fingerprint density at radius 2 is 1.50 bits per heavy atom. The van der Waals surface area contributed by atoms with Crippen LogP contribution in [0.25, 0.3) is 0 Å². The summed E-state index contributed by atoms with van der Waals surface area (Å²) in [4.78, 5) is 0. The summed E-state index contributed by atoms with van der Waals surface area (Å²) in [5.74, 6) is 0. The normalized spacial score (nSPS) is 11.8. The number of halogens is 3. The number of rotatable bonds is 1. The van der Waals surface area contributed by atoms with Crippen LogP contribution in [0.1, 0.15) is 19.4 Å². The van der Waals surface area contributed by atoms with Crippen LogP contribution in [0.5, 0.6) is 0 Å². The smallest absolute Gasteiger partial charge is 0.0450 e. The highest BCUT2D eigenvalue weighted by atomic mass is 79.9. The van der Waals surface area contributed by atoms with Gasteiger partial charge in [-0.1, -0.05) is 39.1 Å². The average Bonchev–Trinajstić information content (AvgIpc) is 1.82. The van der Waals surface area contributed by atoms with Gasteiger partial charge < -0.3 is 0 Å². The van der Waals surface area contributed by atoms with Crippen LogP contribution in [0.15, 0.2) is 18.2 Å². The molecule has 0 aliphatic rings. The molecule has 0 saturated carbocycles. The molecule has 0 saturated heterocycles. The SMILES string of the molecule is CC(C)(Br)c1cc(Cl)cc(Cl)c1. The van der Waals surface area contributed by atoms with E-state index < -0.39 is 0 Å². The van der Waals surface area contributed by atoms with Crippen molar-refractivity contribution in [3.8, 4) is 0 Å². The first-order valence-electron chi connectivity index (χ1n) is 3.55. The first kappa shape index (κ1) is 10.4. The Labute approximate surface area is 91.0 Å². The van der Waals surface area contributed by atoms with Gasteiger partial charge in [0.2, 0.25) is 0 Å². The van der Waals surface area contributed by atoms with Gasteiger partial charge in [-0.2, -0.15) is 0 Å². The summed E-state index contributed by atoms with van der Waals surface area (Å²) in [7, 11) is 0. The molecule has 0 atom stereocenters. The molecule has 1 rings (SSSR count). The van der Waals surface area contributed by atoms with Gasteiger partial charge in [-0.3, -0.25) is 0 Å². The molecule has 0 heterocycles. The molecule has 3 heteroatoms. The molecule has 0 spiro atoms. The van der Waals surface area contributed by atoms with Crippen LogP contribution in [-0.2, 0) is 4.32 Å². The maximum atomic E-state index is 5.85. The monoisotopic (exact) mass is 266 g/mol. The Bertz CT molecular complexity index is 269. The predicted molar refractivity (Wildman–Crippen MR) is 58.4 cm³/mol. The Hall–Kier alpha value is 0.280. The van der Waals surface area contributed by atoms with Crippen LogP contribution in [0.3, 0.4) is 0 Å². The van der Waals surface area contributed by atoms with E-state index in [1.807, 2.05) is 12.1 Å². The molecule has 0 unspecified atom stereocenters. The second-order valence-corrected chi connectivity index (χ2v) is 5.99. The fourth-order valence-electron chi connectivity index (χ4n) is 0.897. The molecule has 0 aliphatic carbocycles. The standard InChI is InChI=1S/C9H9BrCl2/c1-9(2,10)6-3-7(11)5-8(12)4-6/h3-5H,1-2H3. The van der Waals surface area contributed by atoms with Crippen molar-refractivity contribution < 1.29 is 0 Å². The van der Waals surface area contributed by atoms with Crippen LogP contribution in [-0.4, -0.2) is 0 Å². The van der Waals surface area contributed by atoms with E-state index in [-0.39, 0.29) is 4.32 Å². The summed E-state index contributed by atoms with van der Waals surface area (Å²) in [6, 6.07) is 5.54. The number of alkyl halides is 1. The molecule has 1 aromatic rings. The third kappa shape index (κ3) is 2.65. The summed E-state index contributed by atoms with van der Waals surface area (Å²) in [5.41, 5.74) is 1.08. The zero-order chi connectivity index (χ0) is 9.35. The summed E-state index contributed by atoms with van der Waals surface area (Å²) in [6.07, 6.45) is 0. The van der Waals surface area contributed by atoms with Gasteiger partial charge in [-0.05, 0) is 37.6 Å². The molecule has 0 bridgehead atoms. The summed E-state index contributed by atoms with van der Waals surface area (Å²) >= 11 is 15.2. The lowest BCUT2D eigenvalue weighted by Crippen LogP contribution is -2.06. The molecule has 0 N–H and O–H groups in total. The van der Waals surface area contributed by atoms with Crippen molar-refractivity contribution in [2.75, 3.05) is 0 Å². The summed E-state index contributed by atoms with van der Waals surface area (Å²) in [6.45, 7) is 4.10. The van der Waals surface area contributed by atoms with Crippen LogP contribution in [0.4, 0.5) is 0 Å². The molecule has 0 aromatic heterocycles. The van der Waals surface area contributed by atoms with Crippen molar-refractivity contribution in [2.45, 2.75) is 18.2 Å². The van der Waals surface area contributed by atoms with E-state index >= 15 is 0 Å². The van der Waals surface area contributed by atoms with Crippen molar-refractivity contribution in [3.63, 3.8) is 0 Å².